The lowest BCUT2D eigenvalue weighted by Gasteiger charge is -1.91. The summed E-state index contributed by atoms with van der Waals surface area (Å²) in [5.41, 5.74) is 0. The van der Waals surface area contributed by atoms with Gasteiger partial charge in [-0.3, -0.25) is 0 Å². The Kier molecular flexibility index (Phi) is 11.1. The van der Waals surface area contributed by atoms with Crippen molar-refractivity contribution in [2.24, 2.45) is 5.92 Å². The number of hydrogen-bond acceptors (Lipinski definition) is 0. The van der Waals surface area contributed by atoms with Crippen LogP contribution in [-0.2, 0) is 0 Å². The molecule has 0 aliphatic rings. The molecule has 0 saturated heterocycles. The van der Waals surface area contributed by atoms with Gasteiger partial charge in [0.15, 0.2) is 0 Å². The van der Waals surface area contributed by atoms with E-state index in [4.69, 9.17) is 0 Å². The first-order valence-electron chi connectivity index (χ1n) is 4.17. The van der Waals surface area contributed by atoms with Gasteiger partial charge in [-0.05, 0) is 25.0 Å². The van der Waals surface area contributed by atoms with Crippen LogP contribution in [0.5, 0.6) is 0 Å². The summed E-state index contributed by atoms with van der Waals surface area (Å²) in [5, 5.41) is 0. The highest BCUT2D eigenvalue weighted by Crippen LogP contribution is 2.04. The van der Waals surface area contributed by atoms with Crippen LogP contribution in [0.25, 0.3) is 0 Å². The Hall–Kier alpha value is -0.590. The molecule has 0 saturated carbocycles. The van der Waals surface area contributed by atoms with E-state index in [1.807, 2.05) is 27.7 Å². The first kappa shape index (κ1) is 13.0. The van der Waals surface area contributed by atoms with Crippen LogP contribution in [0, 0.1) is 5.92 Å². The minimum atomic E-state index is -0.146. The zero-order chi connectivity index (χ0) is 9.28. The summed E-state index contributed by atoms with van der Waals surface area (Å²) in [5.74, 6) is 0.147. The highest BCUT2D eigenvalue weighted by molar-refractivity contribution is 5.10. The highest BCUT2D eigenvalue weighted by atomic mass is 19.1. The van der Waals surface area contributed by atoms with Crippen molar-refractivity contribution in [1.29, 1.82) is 0 Å². The summed E-state index contributed by atoms with van der Waals surface area (Å²) >= 11 is 0. The second kappa shape index (κ2) is 9.41. The standard InChI is InChI=1S/C8H13F.C2H6/c1-4-5-8(9)6-7(2)3;1-2/h4-7H,1-3H3;1-2H3/b5-4-,8-6+;. The molecule has 0 aliphatic carbocycles. The van der Waals surface area contributed by atoms with Gasteiger partial charge in [-0.2, -0.15) is 0 Å². The van der Waals surface area contributed by atoms with E-state index in [-0.39, 0.29) is 5.83 Å². The van der Waals surface area contributed by atoms with Crippen LogP contribution < -0.4 is 0 Å². The second-order valence-corrected chi connectivity index (χ2v) is 2.30. The van der Waals surface area contributed by atoms with Crippen molar-refractivity contribution >= 4 is 0 Å². The maximum Gasteiger partial charge on any atom is 0.119 e. The van der Waals surface area contributed by atoms with E-state index in [0.717, 1.165) is 0 Å². The van der Waals surface area contributed by atoms with Crippen LogP contribution in [-0.4, -0.2) is 0 Å². The summed E-state index contributed by atoms with van der Waals surface area (Å²) < 4.78 is 12.4. The van der Waals surface area contributed by atoms with Crippen LogP contribution in [0.2, 0.25) is 0 Å². The van der Waals surface area contributed by atoms with Crippen LogP contribution >= 0.6 is 0 Å². The van der Waals surface area contributed by atoms with Gasteiger partial charge in [0.2, 0.25) is 0 Å². The van der Waals surface area contributed by atoms with Gasteiger partial charge < -0.3 is 0 Å². The van der Waals surface area contributed by atoms with Gasteiger partial charge in [0.05, 0.1) is 0 Å². The molecular weight excluding hydrogens is 139 g/mol. The fourth-order valence-corrected chi connectivity index (χ4v) is 0.533. The smallest absolute Gasteiger partial charge is 0.119 e. The molecule has 0 bridgehead atoms. The van der Waals surface area contributed by atoms with E-state index < -0.39 is 0 Å². The van der Waals surface area contributed by atoms with Crippen LogP contribution in [0.1, 0.15) is 34.6 Å². The Morgan fingerprint density at radius 1 is 1.27 bits per heavy atom. The van der Waals surface area contributed by atoms with E-state index >= 15 is 0 Å². The van der Waals surface area contributed by atoms with Crippen LogP contribution in [0.15, 0.2) is 24.1 Å². The Morgan fingerprint density at radius 3 is 2.00 bits per heavy atom. The third-order valence-electron chi connectivity index (χ3n) is 0.818. The third-order valence-corrected chi connectivity index (χ3v) is 0.818. The van der Waals surface area contributed by atoms with Gasteiger partial charge in [0, 0.05) is 0 Å². The number of halogens is 1. The Balaban J connectivity index is 0. The van der Waals surface area contributed by atoms with Gasteiger partial charge in [0.25, 0.3) is 0 Å². The molecule has 0 aromatic rings. The van der Waals surface area contributed by atoms with E-state index in [0.29, 0.717) is 5.92 Å². The number of hydrogen-bond donors (Lipinski definition) is 0. The van der Waals surface area contributed by atoms with Crippen molar-refractivity contribution in [3.63, 3.8) is 0 Å². The molecule has 0 spiro atoms. The molecule has 0 aliphatic heterocycles. The minimum absolute atomic E-state index is 0.146. The molecule has 0 rings (SSSR count). The summed E-state index contributed by atoms with van der Waals surface area (Å²) in [6, 6.07) is 0. The summed E-state index contributed by atoms with van der Waals surface area (Å²) in [4.78, 5) is 0. The lowest BCUT2D eigenvalue weighted by molar-refractivity contribution is 0.644. The molecule has 0 amide bonds. The van der Waals surface area contributed by atoms with Crippen molar-refractivity contribution in [2.75, 3.05) is 0 Å². The van der Waals surface area contributed by atoms with Crippen molar-refractivity contribution in [3.8, 4) is 0 Å². The van der Waals surface area contributed by atoms with Crippen molar-refractivity contribution in [1.82, 2.24) is 0 Å². The molecule has 0 atom stereocenters. The molecule has 0 aromatic carbocycles. The van der Waals surface area contributed by atoms with Crippen molar-refractivity contribution in [2.45, 2.75) is 34.6 Å². The topological polar surface area (TPSA) is 0 Å². The van der Waals surface area contributed by atoms with Gasteiger partial charge in [-0.25, -0.2) is 4.39 Å². The average molecular weight is 158 g/mol. The van der Waals surface area contributed by atoms with E-state index in [1.165, 1.54) is 6.08 Å². The number of rotatable bonds is 2. The molecule has 11 heavy (non-hydrogen) atoms. The maximum absolute atomic E-state index is 12.4. The third kappa shape index (κ3) is 12.6. The average Bonchev–Trinajstić information content (AvgIpc) is 1.91. The fourth-order valence-electron chi connectivity index (χ4n) is 0.533. The Morgan fingerprint density at radius 2 is 1.73 bits per heavy atom. The molecule has 66 valence electrons. The lowest BCUT2D eigenvalue weighted by Crippen LogP contribution is -1.78. The normalized spacial score (nSPS) is 11.7. The zero-order valence-corrected chi connectivity index (χ0v) is 8.19. The van der Waals surface area contributed by atoms with Crippen molar-refractivity contribution in [3.05, 3.63) is 24.1 Å². The molecule has 0 heterocycles. The summed E-state index contributed by atoms with van der Waals surface area (Å²) in [6.07, 6.45) is 4.73. The van der Waals surface area contributed by atoms with E-state index in [1.54, 1.807) is 19.1 Å². The Bertz CT molecular complexity index is 121. The zero-order valence-electron chi connectivity index (χ0n) is 8.19. The summed E-state index contributed by atoms with van der Waals surface area (Å²) in [7, 11) is 0. The molecule has 0 N–H and O–H groups in total. The highest BCUT2D eigenvalue weighted by Gasteiger charge is 1.88. The van der Waals surface area contributed by atoms with Gasteiger partial charge >= 0.3 is 0 Å². The van der Waals surface area contributed by atoms with E-state index in [9.17, 15) is 4.39 Å². The molecular formula is C10H19F. The first-order chi connectivity index (χ1) is 5.16. The SMILES string of the molecule is C/C=C\C(F)=C/C(C)C.CC. The predicted molar refractivity (Wildman–Crippen MR) is 50.2 cm³/mol. The van der Waals surface area contributed by atoms with E-state index in [2.05, 4.69) is 0 Å². The van der Waals surface area contributed by atoms with Crippen LogP contribution in [0.4, 0.5) is 4.39 Å². The van der Waals surface area contributed by atoms with Gasteiger partial charge in [0.1, 0.15) is 5.83 Å². The minimum Gasteiger partial charge on any atom is -0.207 e. The quantitative estimate of drug-likeness (QED) is 0.531. The molecule has 0 fully saturated rings. The predicted octanol–water partition coefficient (Wildman–Crippen LogP) is 4.10. The first-order valence-corrected chi connectivity index (χ1v) is 4.17. The maximum atomic E-state index is 12.4. The largest absolute Gasteiger partial charge is 0.207 e. The molecule has 0 nitrogen and oxygen atoms in total. The Labute approximate surface area is 69.8 Å². The van der Waals surface area contributed by atoms with Gasteiger partial charge in [-0.15, -0.1) is 0 Å². The molecule has 0 unspecified atom stereocenters. The van der Waals surface area contributed by atoms with Gasteiger partial charge in [-0.1, -0.05) is 33.8 Å². The molecule has 0 radical (unpaired) electrons. The second-order valence-electron chi connectivity index (χ2n) is 2.30. The van der Waals surface area contributed by atoms with Crippen molar-refractivity contribution < 1.29 is 4.39 Å². The lowest BCUT2D eigenvalue weighted by atomic mass is 10.2. The molecule has 1 heteroatoms. The fraction of sp³-hybridized carbons (Fsp3) is 0.600. The number of allylic oxidation sites excluding steroid dienone is 4. The summed E-state index contributed by atoms with van der Waals surface area (Å²) in [6.45, 7) is 9.69. The molecule has 0 aromatic heterocycles. The van der Waals surface area contributed by atoms with Crippen LogP contribution in [0.3, 0.4) is 0 Å². The monoisotopic (exact) mass is 158 g/mol.